The molecular weight excluding hydrogens is 250 g/mol. The molecule has 1 heterocycles. The molecule has 2 rings (SSSR count). The number of nitrogens with one attached hydrogen (secondary N) is 1. The molecule has 3 nitrogen and oxygen atoms in total. The van der Waals surface area contributed by atoms with Crippen LogP contribution in [-0.4, -0.2) is 25.9 Å². The Morgan fingerprint density at radius 1 is 1.25 bits per heavy atom. The lowest BCUT2D eigenvalue weighted by Crippen LogP contribution is -2.28. The van der Waals surface area contributed by atoms with Crippen LogP contribution in [0.15, 0.2) is 24.3 Å². The number of hydrogen-bond donors (Lipinski definition) is 1. The van der Waals surface area contributed by atoms with Gasteiger partial charge in [-0.2, -0.15) is 0 Å². The Morgan fingerprint density at radius 3 is 2.60 bits per heavy atom. The summed E-state index contributed by atoms with van der Waals surface area (Å²) in [6.45, 7) is 9.14. The minimum atomic E-state index is 0.346. The first kappa shape index (κ1) is 15.3. The predicted molar refractivity (Wildman–Crippen MR) is 82.2 cm³/mol. The molecule has 2 atom stereocenters. The average molecular weight is 277 g/mol. The molecule has 1 aliphatic heterocycles. The van der Waals surface area contributed by atoms with Crippen molar-refractivity contribution >= 4 is 0 Å². The fourth-order valence-electron chi connectivity index (χ4n) is 2.35. The van der Waals surface area contributed by atoms with E-state index < -0.39 is 0 Å². The minimum Gasteiger partial charge on any atom is -0.493 e. The fourth-order valence-corrected chi connectivity index (χ4v) is 2.35. The fraction of sp³-hybridized carbons (Fsp3) is 0.647. The lowest BCUT2D eigenvalue weighted by atomic mass is 10.1. The van der Waals surface area contributed by atoms with Crippen molar-refractivity contribution in [3.63, 3.8) is 0 Å². The summed E-state index contributed by atoms with van der Waals surface area (Å²) in [5, 5.41) is 3.54. The Bertz CT molecular complexity index is 382. The Hall–Kier alpha value is -1.06. The molecule has 3 heteroatoms. The van der Waals surface area contributed by atoms with E-state index in [1.54, 1.807) is 0 Å². The van der Waals surface area contributed by atoms with Gasteiger partial charge in [0.05, 0.1) is 12.7 Å². The number of rotatable bonds is 7. The molecule has 0 spiro atoms. The van der Waals surface area contributed by atoms with Crippen molar-refractivity contribution in [3.8, 4) is 5.75 Å². The minimum absolute atomic E-state index is 0.346. The second-order valence-electron chi connectivity index (χ2n) is 6.04. The van der Waals surface area contributed by atoms with E-state index in [1.807, 2.05) is 0 Å². The summed E-state index contributed by atoms with van der Waals surface area (Å²) in [5.41, 5.74) is 1.29. The van der Waals surface area contributed by atoms with Crippen LogP contribution in [-0.2, 0) is 4.74 Å². The molecule has 20 heavy (non-hydrogen) atoms. The Balaban J connectivity index is 1.78. The first-order chi connectivity index (χ1) is 9.65. The van der Waals surface area contributed by atoms with Crippen LogP contribution in [0.3, 0.4) is 0 Å². The van der Waals surface area contributed by atoms with Gasteiger partial charge in [0.2, 0.25) is 0 Å². The van der Waals surface area contributed by atoms with Crippen LogP contribution in [0.5, 0.6) is 5.75 Å². The summed E-state index contributed by atoms with van der Waals surface area (Å²) >= 11 is 0. The van der Waals surface area contributed by atoms with Gasteiger partial charge in [0.15, 0.2) is 0 Å². The quantitative estimate of drug-likeness (QED) is 0.826. The van der Waals surface area contributed by atoms with Crippen LogP contribution in [0.4, 0.5) is 0 Å². The van der Waals surface area contributed by atoms with Crippen molar-refractivity contribution in [1.29, 1.82) is 0 Å². The third kappa shape index (κ3) is 4.80. The standard InChI is InChI=1S/C17H27NO2/c1-13(2)12-20-16-8-6-15(7-9-16)14(3)18-11-17-5-4-10-19-17/h6-9,13-14,17-18H,4-5,10-12H2,1-3H3/t14-,17+/m1/s1. The van der Waals surface area contributed by atoms with Gasteiger partial charge in [-0.3, -0.25) is 0 Å². The molecule has 1 aromatic rings. The van der Waals surface area contributed by atoms with E-state index in [4.69, 9.17) is 9.47 Å². The van der Waals surface area contributed by atoms with Crippen molar-refractivity contribution in [1.82, 2.24) is 5.32 Å². The molecular formula is C17H27NO2. The summed E-state index contributed by atoms with van der Waals surface area (Å²) in [5.74, 6) is 1.51. The van der Waals surface area contributed by atoms with E-state index in [2.05, 4.69) is 50.4 Å². The Morgan fingerprint density at radius 2 is 2.00 bits per heavy atom. The Kier molecular flexibility index (Phi) is 5.86. The summed E-state index contributed by atoms with van der Waals surface area (Å²) in [4.78, 5) is 0. The van der Waals surface area contributed by atoms with Crippen LogP contribution in [0.2, 0.25) is 0 Å². The predicted octanol–water partition coefficient (Wildman–Crippen LogP) is 3.55. The maximum atomic E-state index is 5.70. The molecule has 1 aromatic carbocycles. The lowest BCUT2D eigenvalue weighted by molar-refractivity contribution is 0.108. The SMILES string of the molecule is CC(C)COc1ccc([C@@H](C)NC[C@@H]2CCCO2)cc1. The number of ether oxygens (including phenoxy) is 2. The largest absolute Gasteiger partial charge is 0.493 e. The maximum absolute atomic E-state index is 5.70. The van der Waals surface area contributed by atoms with Crippen LogP contribution in [0.25, 0.3) is 0 Å². The monoisotopic (exact) mass is 277 g/mol. The molecule has 0 bridgehead atoms. The van der Waals surface area contributed by atoms with E-state index in [9.17, 15) is 0 Å². The van der Waals surface area contributed by atoms with Crippen molar-refractivity contribution in [2.75, 3.05) is 19.8 Å². The summed E-state index contributed by atoms with van der Waals surface area (Å²) in [7, 11) is 0. The third-order valence-electron chi connectivity index (χ3n) is 3.64. The molecule has 0 saturated carbocycles. The first-order valence-corrected chi connectivity index (χ1v) is 7.73. The second kappa shape index (κ2) is 7.65. The highest BCUT2D eigenvalue weighted by Gasteiger charge is 2.16. The summed E-state index contributed by atoms with van der Waals surface area (Å²) < 4.78 is 11.3. The maximum Gasteiger partial charge on any atom is 0.119 e. The zero-order chi connectivity index (χ0) is 14.4. The van der Waals surface area contributed by atoms with Gasteiger partial charge in [0, 0.05) is 19.2 Å². The zero-order valence-electron chi connectivity index (χ0n) is 12.9. The van der Waals surface area contributed by atoms with Gasteiger partial charge >= 0.3 is 0 Å². The number of hydrogen-bond acceptors (Lipinski definition) is 3. The summed E-state index contributed by atoms with van der Waals surface area (Å²) in [6, 6.07) is 8.74. The lowest BCUT2D eigenvalue weighted by Gasteiger charge is -2.18. The van der Waals surface area contributed by atoms with Crippen molar-refractivity contribution in [3.05, 3.63) is 29.8 Å². The molecule has 0 radical (unpaired) electrons. The van der Waals surface area contributed by atoms with E-state index in [0.29, 0.717) is 18.1 Å². The zero-order valence-corrected chi connectivity index (χ0v) is 12.9. The van der Waals surface area contributed by atoms with Crippen molar-refractivity contribution in [2.24, 2.45) is 5.92 Å². The second-order valence-corrected chi connectivity index (χ2v) is 6.04. The molecule has 1 aliphatic rings. The molecule has 0 unspecified atom stereocenters. The molecule has 0 amide bonds. The van der Waals surface area contributed by atoms with Crippen LogP contribution >= 0.6 is 0 Å². The van der Waals surface area contributed by atoms with E-state index in [0.717, 1.165) is 25.5 Å². The highest BCUT2D eigenvalue weighted by Crippen LogP contribution is 2.19. The molecule has 112 valence electrons. The van der Waals surface area contributed by atoms with Gasteiger partial charge in [-0.05, 0) is 43.4 Å². The molecule has 1 N–H and O–H groups in total. The Labute approximate surface area is 122 Å². The van der Waals surface area contributed by atoms with Crippen LogP contribution in [0, 0.1) is 5.92 Å². The van der Waals surface area contributed by atoms with Crippen molar-refractivity contribution in [2.45, 2.75) is 45.8 Å². The van der Waals surface area contributed by atoms with Gasteiger partial charge in [0.1, 0.15) is 5.75 Å². The van der Waals surface area contributed by atoms with Crippen LogP contribution < -0.4 is 10.1 Å². The highest BCUT2D eigenvalue weighted by atomic mass is 16.5. The highest BCUT2D eigenvalue weighted by molar-refractivity contribution is 5.28. The molecule has 0 aromatic heterocycles. The first-order valence-electron chi connectivity index (χ1n) is 7.73. The smallest absolute Gasteiger partial charge is 0.119 e. The summed E-state index contributed by atoms with van der Waals surface area (Å²) in [6.07, 6.45) is 2.77. The van der Waals surface area contributed by atoms with Crippen LogP contribution in [0.1, 0.15) is 45.2 Å². The third-order valence-corrected chi connectivity index (χ3v) is 3.64. The van der Waals surface area contributed by atoms with Gasteiger partial charge < -0.3 is 14.8 Å². The van der Waals surface area contributed by atoms with E-state index in [-0.39, 0.29) is 0 Å². The molecule has 0 aliphatic carbocycles. The molecule has 1 saturated heterocycles. The van der Waals surface area contributed by atoms with Crippen molar-refractivity contribution < 1.29 is 9.47 Å². The van der Waals surface area contributed by atoms with Gasteiger partial charge in [-0.25, -0.2) is 0 Å². The normalized spacial score (nSPS) is 20.3. The van der Waals surface area contributed by atoms with Gasteiger partial charge in [-0.1, -0.05) is 26.0 Å². The topological polar surface area (TPSA) is 30.5 Å². The number of benzene rings is 1. The van der Waals surface area contributed by atoms with E-state index >= 15 is 0 Å². The van der Waals surface area contributed by atoms with Gasteiger partial charge in [0.25, 0.3) is 0 Å². The van der Waals surface area contributed by atoms with Gasteiger partial charge in [-0.15, -0.1) is 0 Å². The molecule has 1 fully saturated rings. The van der Waals surface area contributed by atoms with E-state index in [1.165, 1.54) is 18.4 Å². The average Bonchev–Trinajstić information content (AvgIpc) is 2.96.